The summed E-state index contributed by atoms with van der Waals surface area (Å²) in [7, 11) is 0. The van der Waals surface area contributed by atoms with Crippen LogP contribution in [-0.2, 0) is 14.9 Å². The number of nitrogens with one attached hydrogen (secondary N) is 2. The molecule has 3 rings (SSSR count). The number of guanidine groups is 1. The summed E-state index contributed by atoms with van der Waals surface area (Å²) in [6.45, 7) is 11.9. The summed E-state index contributed by atoms with van der Waals surface area (Å²) in [5.41, 5.74) is 1.23. The largest absolute Gasteiger partial charge is 0.381 e. The lowest BCUT2D eigenvalue weighted by molar-refractivity contribution is 0.0211. The normalized spacial score (nSPS) is 20.8. The first-order chi connectivity index (χ1) is 14.1. The minimum absolute atomic E-state index is 0. The van der Waals surface area contributed by atoms with Gasteiger partial charge in [-0.3, -0.25) is 9.89 Å². The molecule has 0 spiro atoms. The molecule has 0 bridgehead atoms. The number of morpholine rings is 1. The fraction of sp³-hybridized carbons (Fsp3) is 0.682. The summed E-state index contributed by atoms with van der Waals surface area (Å²) < 4.78 is 11.1. The Morgan fingerprint density at radius 2 is 1.87 bits per heavy atom. The van der Waals surface area contributed by atoms with E-state index in [-0.39, 0.29) is 29.4 Å². The van der Waals surface area contributed by atoms with Crippen molar-refractivity contribution >= 4 is 41.5 Å². The molecule has 8 heteroatoms. The Labute approximate surface area is 203 Å². The lowest BCUT2D eigenvalue weighted by Gasteiger charge is -2.37. The molecule has 2 saturated heterocycles. The van der Waals surface area contributed by atoms with Crippen LogP contribution in [0.25, 0.3) is 0 Å². The van der Waals surface area contributed by atoms with E-state index in [9.17, 15) is 0 Å². The predicted octanol–water partition coefficient (Wildman–Crippen LogP) is 3.28. The molecule has 0 aliphatic carbocycles. The quantitative estimate of drug-likeness (QED) is 0.310. The van der Waals surface area contributed by atoms with Crippen LogP contribution in [-0.4, -0.2) is 76.1 Å². The van der Waals surface area contributed by atoms with Crippen LogP contribution in [0.15, 0.2) is 29.3 Å². The molecule has 2 aliphatic rings. The maximum absolute atomic E-state index is 6.29. The van der Waals surface area contributed by atoms with Crippen molar-refractivity contribution in [1.29, 1.82) is 0 Å². The molecule has 0 radical (unpaired) electrons. The number of ether oxygens (including phenoxy) is 2. The maximum Gasteiger partial charge on any atom is 0.191 e. The van der Waals surface area contributed by atoms with Gasteiger partial charge in [-0.1, -0.05) is 23.7 Å². The second-order valence-electron chi connectivity index (χ2n) is 7.98. The molecule has 0 saturated carbocycles. The van der Waals surface area contributed by atoms with Crippen LogP contribution in [0.1, 0.15) is 32.3 Å². The van der Waals surface area contributed by atoms with E-state index in [2.05, 4.69) is 41.5 Å². The summed E-state index contributed by atoms with van der Waals surface area (Å²) in [5, 5.41) is 7.71. The van der Waals surface area contributed by atoms with Crippen LogP contribution in [0.3, 0.4) is 0 Å². The Hall–Kier alpha value is -0.610. The molecular weight excluding hydrogens is 515 g/mol. The van der Waals surface area contributed by atoms with Crippen LogP contribution in [0.5, 0.6) is 0 Å². The lowest BCUT2D eigenvalue weighted by atomic mass is 9.74. The molecule has 6 nitrogen and oxygen atoms in total. The topological polar surface area (TPSA) is 58.1 Å². The van der Waals surface area contributed by atoms with E-state index in [0.717, 1.165) is 83.0 Å². The van der Waals surface area contributed by atoms with Gasteiger partial charge in [-0.2, -0.15) is 0 Å². The van der Waals surface area contributed by atoms with Gasteiger partial charge in [-0.15, -0.1) is 24.0 Å². The van der Waals surface area contributed by atoms with Crippen LogP contribution >= 0.6 is 35.6 Å². The van der Waals surface area contributed by atoms with Crippen LogP contribution in [0.4, 0.5) is 0 Å². The molecular formula is C22H36ClIN4O2. The molecule has 1 aromatic rings. The van der Waals surface area contributed by atoms with Crippen LogP contribution in [0, 0.1) is 0 Å². The van der Waals surface area contributed by atoms with Crippen molar-refractivity contribution in [3.63, 3.8) is 0 Å². The van der Waals surface area contributed by atoms with Gasteiger partial charge in [0.25, 0.3) is 0 Å². The number of aliphatic imine (C=N–C) groups is 1. The zero-order valence-electron chi connectivity index (χ0n) is 18.2. The zero-order chi connectivity index (χ0) is 20.5. The minimum atomic E-state index is -0.0265. The van der Waals surface area contributed by atoms with Gasteiger partial charge >= 0.3 is 0 Å². The van der Waals surface area contributed by atoms with Gasteiger partial charge in [0.1, 0.15) is 0 Å². The highest BCUT2D eigenvalue weighted by Crippen LogP contribution is 2.36. The average molecular weight is 551 g/mol. The molecule has 1 atom stereocenters. The highest BCUT2D eigenvalue weighted by Gasteiger charge is 2.34. The SMILES string of the molecule is CCNC(=NCC1(c2cccc(Cl)c2)CCOCC1)NCC(C)N1CCOCC1.I. The van der Waals surface area contributed by atoms with Crippen molar-refractivity contribution in [3.05, 3.63) is 34.9 Å². The highest BCUT2D eigenvalue weighted by molar-refractivity contribution is 14.0. The predicted molar refractivity (Wildman–Crippen MR) is 134 cm³/mol. The van der Waals surface area contributed by atoms with E-state index in [1.54, 1.807) is 0 Å². The first kappa shape index (κ1) is 25.6. The van der Waals surface area contributed by atoms with E-state index in [4.69, 9.17) is 26.1 Å². The first-order valence-corrected chi connectivity index (χ1v) is 11.2. The maximum atomic E-state index is 6.29. The average Bonchev–Trinajstić information content (AvgIpc) is 2.76. The summed E-state index contributed by atoms with van der Waals surface area (Å²) in [6, 6.07) is 8.66. The fourth-order valence-electron chi connectivity index (χ4n) is 4.08. The van der Waals surface area contributed by atoms with Crippen molar-refractivity contribution in [2.75, 3.05) is 59.2 Å². The second-order valence-corrected chi connectivity index (χ2v) is 8.41. The van der Waals surface area contributed by atoms with Gasteiger partial charge in [-0.05, 0) is 44.4 Å². The van der Waals surface area contributed by atoms with Crippen molar-refractivity contribution in [2.24, 2.45) is 4.99 Å². The summed E-state index contributed by atoms with van der Waals surface area (Å²) in [5.74, 6) is 0.875. The van der Waals surface area contributed by atoms with Crippen molar-refractivity contribution in [1.82, 2.24) is 15.5 Å². The van der Waals surface area contributed by atoms with Gasteiger partial charge in [0.2, 0.25) is 0 Å². The van der Waals surface area contributed by atoms with Crippen molar-refractivity contribution in [3.8, 4) is 0 Å². The summed E-state index contributed by atoms with van der Waals surface area (Å²) in [6.07, 6.45) is 1.92. The standard InChI is InChI=1S/C22H35ClN4O2.HI/c1-3-24-21(25-16-18(2)27-9-13-29-14-10-27)26-17-22(7-11-28-12-8-22)19-5-4-6-20(23)15-19;/h4-6,15,18H,3,7-14,16-17H2,1-2H3,(H2,24,25,26);1H. The number of hydrogen-bond acceptors (Lipinski definition) is 4. The Morgan fingerprint density at radius 1 is 1.17 bits per heavy atom. The summed E-state index contributed by atoms with van der Waals surface area (Å²) >= 11 is 6.29. The van der Waals surface area contributed by atoms with Gasteiger partial charge in [0, 0.05) is 55.9 Å². The zero-order valence-corrected chi connectivity index (χ0v) is 21.2. The van der Waals surface area contributed by atoms with Gasteiger partial charge in [0.15, 0.2) is 5.96 Å². The Morgan fingerprint density at radius 3 is 2.53 bits per heavy atom. The van der Waals surface area contributed by atoms with Crippen molar-refractivity contribution < 1.29 is 9.47 Å². The van der Waals surface area contributed by atoms with E-state index in [1.807, 2.05) is 12.1 Å². The molecule has 2 heterocycles. The van der Waals surface area contributed by atoms with E-state index >= 15 is 0 Å². The van der Waals surface area contributed by atoms with E-state index in [0.29, 0.717) is 6.04 Å². The van der Waals surface area contributed by atoms with Crippen LogP contribution < -0.4 is 10.6 Å². The number of benzene rings is 1. The third-order valence-corrected chi connectivity index (χ3v) is 6.24. The van der Waals surface area contributed by atoms with E-state index < -0.39 is 0 Å². The molecule has 170 valence electrons. The minimum Gasteiger partial charge on any atom is -0.381 e. The Bertz CT molecular complexity index is 664. The van der Waals surface area contributed by atoms with Gasteiger partial charge in [0.05, 0.1) is 19.8 Å². The molecule has 2 aliphatic heterocycles. The number of halogens is 2. The molecule has 0 amide bonds. The number of rotatable bonds is 7. The fourth-order valence-corrected chi connectivity index (χ4v) is 4.27. The van der Waals surface area contributed by atoms with E-state index in [1.165, 1.54) is 5.56 Å². The van der Waals surface area contributed by atoms with Crippen molar-refractivity contribution in [2.45, 2.75) is 38.1 Å². The molecule has 1 unspecified atom stereocenters. The van der Waals surface area contributed by atoms with Crippen LogP contribution in [0.2, 0.25) is 5.02 Å². The smallest absolute Gasteiger partial charge is 0.191 e. The molecule has 2 N–H and O–H groups in total. The highest BCUT2D eigenvalue weighted by atomic mass is 127. The Balaban J connectivity index is 0.00000320. The molecule has 1 aromatic carbocycles. The first-order valence-electron chi connectivity index (χ1n) is 10.8. The summed E-state index contributed by atoms with van der Waals surface area (Å²) in [4.78, 5) is 7.45. The Kier molecular flexibility index (Phi) is 11.2. The lowest BCUT2D eigenvalue weighted by Crippen LogP contribution is -2.49. The third kappa shape index (κ3) is 7.22. The monoisotopic (exact) mass is 550 g/mol. The third-order valence-electron chi connectivity index (χ3n) is 6.00. The van der Waals surface area contributed by atoms with Gasteiger partial charge in [-0.25, -0.2) is 0 Å². The van der Waals surface area contributed by atoms with Gasteiger partial charge < -0.3 is 20.1 Å². The number of nitrogens with zero attached hydrogens (tertiary/aromatic N) is 2. The molecule has 30 heavy (non-hydrogen) atoms. The molecule has 2 fully saturated rings. The second kappa shape index (κ2) is 13.1. The molecule has 0 aromatic heterocycles. The number of hydrogen-bond donors (Lipinski definition) is 2.